The fraction of sp³-hybridized carbons (Fsp3) is 0.444. The van der Waals surface area contributed by atoms with E-state index in [0.717, 1.165) is 36.7 Å². The Hall–Kier alpha value is -2.05. The summed E-state index contributed by atoms with van der Waals surface area (Å²) in [6.07, 6.45) is 0. The first-order chi connectivity index (χ1) is 12.0. The van der Waals surface area contributed by atoms with Gasteiger partial charge in [0, 0.05) is 43.8 Å². The molecule has 1 saturated heterocycles. The van der Waals surface area contributed by atoms with E-state index in [1.54, 1.807) is 12.1 Å². The molecule has 0 N–H and O–H groups in total. The minimum Gasteiger partial charge on any atom is -0.483 e. The molecule has 0 unspecified atom stereocenters. The molecule has 1 aromatic carbocycles. The predicted molar refractivity (Wildman–Crippen MR) is 94.8 cm³/mol. The van der Waals surface area contributed by atoms with Gasteiger partial charge >= 0.3 is 0 Å². The van der Waals surface area contributed by atoms with Crippen molar-refractivity contribution in [1.82, 2.24) is 15.0 Å². The van der Waals surface area contributed by atoms with Crippen LogP contribution in [0.5, 0.6) is 5.75 Å². The van der Waals surface area contributed by atoms with Crippen LogP contribution < -0.4 is 4.74 Å². The molecular formula is C18H22ClN3O3. The van der Waals surface area contributed by atoms with Gasteiger partial charge in [0.1, 0.15) is 11.5 Å². The zero-order valence-electron chi connectivity index (χ0n) is 14.5. The Morgan fingerprint density at radius 1 is 1.24 bits per heavy atom. The van der Waals surface area contributed by atoms with Crippen molar-refractivity contribution in [3.05, 3.63) is 46.3 Å². The number of carbonyl (C=O) groups is 1. The first kappa shape index (κ1) is 17.8. The number of rotatable bonds is 5. The van der Waals surface area contributed by atoms with Gasteiger partial charge in [-0.1, -0.05) is 16.8 Å². The van der Waals surface area contributed by atoms with Crippen molar-refractivity contribution >= 4 is 17.5 Å². The van der Waals surface area contributed by atoms with Gasteiger partial charge in [-0.2, -0.15) is 0 Å². The van der Waals surface area contributed by atoms with Crippen molar-refractivity contribution in [3.8, 4) is 5.75 Å². The summed E-state index contributed by atoms with van der Waals surface area (Å²) in [5.41, 5.74) is 1.85. The lowest BCUT2D eigenvalue weighted by molar-refractivity contribution is -0.135. The zero-order chi connectivity index (χ0) is 17.8. The van der Waals surface area contributed by atoms with Gasteiger partial charge in [0.2, 0.25) is 0 Å². The molecule has 0 atom stereocenters. The number of aryl methyl sites for hydroxylation is 2. The van der Waals surface area contributed by atoms with Crippen LogP contribution in [0.25, 0.3) is 0 Å². The fourth-order valence-corrected chi connectivity index (χ4v) is 3.11. The Balaban J connectivity index is 1.45. The lowest BCUT2D eigenvalue weighted by atomic mass is 10.2. The van der Waals surface area contributed by atoms with Gasteiger partial charge in [0.25, 0.3) is 5.91 Å². The van der Waals surface area contributed by atoms with E-state index in [1.165, 1.54) is 0 Å². The highest BCUT2D eigenvalue weighted by atomic mass is 35.5. The van der Waals surface area contributed by atoms with Crippen molar-refractivity contribution in [2.75, 3.05) is 32.8 Å². The van der Waals surface area contributed by atoms with E-state index in [4.69, 9.17) is 20.9 Å². The molecule has 1 aliphatic heterocycles. The quantitative estimate of drug-likeness (QED) is 0.817. The van der Waals surface area contributed by atoms with E-state index in [9.17, 15) is 4.79 Å². The van der Waals surface area contributed by atoms with Crippen molar-refractivity contribution in [2.45, 2.75) is 20.4 Å². The Morgan fingerprint density at radius 2 is 2.00 bits per heavy atom. The largest absolute Gasteiger partial charge is 0.483 e. The molecule has 2 aromatic rings. The zero-order valence-corrected chi connectivity index (χ0v) is 15.3. The van der Waals surface area contributed by atoms with Crippen LogP contribution in [0, 0.1) is 13.8 Å². The highest BCUT2D eigenvalue weighted by Crippen LogP contribution is 2.21. The molecule has 1 amide bonds. The molecule has 0 saturated carbocycles. The number of benzene rings is 1. The van der Waals surface area contributed by atoms with Crippen molar-refractivity contribution in [1.29, 1.82) is 0 Å². The van der Waals surface area contributed by atoms with E-state index < -0.39 is 0 Å². The van der Waals surface area contributed by atoms with Crippen LogP contribution in [0.1, 0.15) is 17.0 Å². The third-order valence-electron chi connectivity index (χ3n) is 4.28. The smallest absolute Gasteiger partial charge is 0.260 e. The molecule has 2 heterocycles. The molecule has 3 rings (SSSR count). The minimum atomic E-state index is 0.00582. The molecule has 1 fully saturated rings. The predicted octanol–water partition coefficient (Wildman–Crippen LogP) is 2.67. The van der Waals surface area contributed by atoms with Gasteiger partial charge in [-0.15, -0.1) is 0 Å². The molecule has 0 spiro atoms. The molecule has 0 aliphatic carbocycles. The van der Waals surface area contributed by atoms with Gasteiger partial charge in [0.15, 0.2) is 6.61 Å². The molecule has 25 heavy (non-hydrogen) atoms. The van der Waals surface area contributed by atoms with Crippen LogP contribution in [-0.4, -0.2) is 53.6 Å². The highest BCUT2D eigenvalue weighted by Gasteiger charge is 2.22. The number of hydrogen-bond acceptors (Lipinski definition) is 5. The van der Waals surface area contributed by atoms with Gasteiger partial charge in [-0.25, -0.2) is 0 Å². The average Bonchev–Trinajstić information content (AvgIpc) is 2.99. The van der Waals surface area contributed by atoms with Crippen LogP contribution in [0.2, 0.25) is 5.02 Å². The van der Waals surface area contributed by atoms with E-state index in [2.05, 4.69) is 10.1 Å². The topological polar surface area (TPSA) is 58.8 Å². The monoisotopic (exact) mass is 363 g/mol. The third kappa shape index (κ3) is 4.74. The summed E-state index contributed by atoms with van der Waals surface area (Å²) in [7, 11) is 0. The first-order valence-electron chi connectivity index (χ1n) is 8.32. The Labute approximate surface area is 152 Å². The standard InChI is InChI=1S/C18H22ClN3O3/c1-13-9-15(19)3-4-17(13)24-12-18(23)22-7-5-21(6-8-22)11-16-10-14(2)25-20-16/h3-4,9-10H,5-8,11-12H2,1-2H3. The van der Waals surface area contributed by atoms with Crippen LogP contribution in [0.15, 0.2) is 28.8 Å². The summed E-state index contributed by atoms with van der Waals surface area (Å²) >= 11 is 5.93. The molecule has 134 valence electrons. The van der Waals surface area contributed by atoms with Gasteiger partial charge in [-0.3, -0.25) is 9.69 Å². The molecular weight excluding hydrogens is 342 g/mol. The minimum absolute atomic E-state index is 0.00582. The number of nitrogens with zero attached hydrogens (tertiary/aromatic N) is 3. The number of carbonyl (C=O) groups excluding carboxylic acids is 1. The van der Waals surface area contributed by atoms with Crippen molar-refractivity contribution < 1.29 is 14.1 Å². The normalized spacial score (nSPS) is 15.4. The van der Waals surface area contributed by atoms with Crippen LogP contribution in [-0.2, 0) is 11.3 Å². The van der Waals surface area contributed by atoms with Crippen LogP contribution >= 0.6 is 11.6 Å². The van der Waals surface area contributed by atoms with Gasteiger partial charge in [0.05, 0.1) is 5.69 Å². The highest BCUT2D eigenvalue weighted by molar-refractivity contribution is 6.30. The number of piperazine rings is 1. The Kier molecular flexibility index (Phi) is 5.60. The molecule has 7 heteroatoms. The number of hydrogen-bond donors (Lipinski definition) is 0. The lowest BCUT2D eigenvalue weighted by Gasteiger charge is -2.34. The summed E-state index contributed by atoms with van der Waals surface area (Å²) < 4.78 is 10.7. The number of halogens is 1. The Bertz CT molecular complexity index is 739. The molecule has 0 bridgehead atoms. The number of aromatic nitrogens is 1. The third-order valence-corrected chi connectivity index (χ3v) is 4.51. The maximum Gasteiger partial charge on any atom is 0.260 e. The van der Waals surface area contributed by atoms with Crippen molar-refractivity contribution in [3.63, 3.8) is 0 Å². The maximum absolute atomic E-state index is 12.3. The summed E-state index contributed by atoms with van der Waals surface area (Å²) in [5, 5.41) is 4.68. The van der Waals surface area contributed by atoms with E-state index in [1.807, 2.05) is 30.9 Å². The molecule has 1 aliphatic rings. The van der Waals surface area contributed by atoms with Crippen molar-refractivity contribution in [2.24, 2.45) is 0 Å². The lowest BCUT2D eigenvalue weighted by Crippen LogP contribution is -2.49. The van der Waals surface area contributed by atoms with E-state index in [-0.39, 0.29) is 12.5 Å². The van der Waals surface area contributed by atoms with E-state index in [0.29, 0.717) is 23.9 Å². The summed E-state index contributed by atoms with van der Waals surface area (Å²) in [6, 6.07) is 7.33. The van der Waals surface area contributed by atoms with Gasteiger partial charge < -0.3 is 14.2 Å². The molecule has 6 nitrogen and oxygen atoms in total. The maximum atomic E-state index is 12.3. The first-order valence-corrected chi connectivity index (χ1v) is 8.70. The second-order valence-corrected chi connectivity index (χ2v) is 6.72. The number of ether oxygens (including phenoxy) is 1. The van der Waals surface area contributed by atoms with E-state index >= 15 is 0 Å². The molecule has 0 radical (unpaired) electrons. The summed E-state index contributed by atoms with van der Waals surface area (Å²) in [5.74, 6) is 1.52. The molecule has 1 aromatic heterocycles. The fourth-order valence-electron chi connectivity index (χ4n) is 2.88. The van der Waals surface area contributed by atoms with Crippen LogP contribution in [0.3, 0.4) is 0 Å². The average molecular weight is 364 g/mol. The van der Waals surface area contributed by atoms with Gasteiger partial charge in [-0.05, 0) is 37.6 Å². The second kappa shape index (κ2) is 7.89. The second-order valence-electron chi connectivity index (χ2n) is 6.28. The SMILES string of the molecule is Cc1cc(CN2CCN(C(=O)COc3ccc(Cl)cc3C)CC2)no1. The Morgan fingerprint density at radius 3 is 2.64 bits per heavy atom. The number of amides is 1. The van der Waals surface area contributed by atoms with Crippen LogP contribution in [0.4, 0.5) is 0 Å². The summed E-state index contributed by atoms with van der Waals surface area (Å²) in [6.45, 7) is 7.61. The summed E-state index contributed by atoms with van der Waals surface area (Å²) in [4.78, 5) is 16.5.